The van der Waals surface area contributed by atoms with Crippen LogP contribution >= 0.6 is 0 Å². The minimum atomic E-state index is -0.750. The molecule has 4 heavy (non-hydrogen) atoms. The standard InChI is InChI=1S/O2S.H2O/c1-3-2;/h;1H2. The van der Waals surface area contributed by atoms with E-state index in [1.165, 1.54) is 0 Å². The fourth-order valence-electron chi connectivity index (χ4n) is 0. The summed E-state index contributed by atoms with van der Waals surface area (Å²) in [5, 5.41) is 0. The van der Waals surface area contributed by atoms with Gasteiger partial charge in [0.05, 0.1) is 0 Å². The molecule has 0 amide bonds. The predicted molar refractivity (Wildman–Crippen MR) is 12.5 cm³/mol. The van der Waals surface area contributed by atoms with E-state index < -0.39 is 11.6 Å². The molecule has 0 heterocycles. The molecule has 0 radical (unpaired) electrons. The van der Waals surface area contributed by atoms with Crippen LogP contribution in [0.1, 0.15) is 0 Å². The van der Waals surface area contributed by atoms with Crippen molar-refractivity contribution in [3.8, 4) is 0 Å². The van der Waals surface area contributed by atoms with Gasteiger partial charge in [0, 0.05) is 0 Å². The van der Waals surface area contributed by atoms with E-state index in [1.807, 2.05) is 0 Å². The van der Waals surface area contributed by atoms with E-state index in [2.05, 4.69) is 0 Å². The summed E-state index contributed by atoms with van der Waals surface area (Å²) in [6.45, 7) is 0. The van der Waals surface area contributed by atoms with E-state index in [4.69, 9.17) is 8.42 Å². The van der Waals surface area contributed by atoms with Crippen LogP contribution in [0.15, 0.2) is 0 Å². The van der Waals surface area contributed by atoms with Gasteiger partial charge in [-0.15, -0.1) is 0 Å². The number of hydrogen-bond donors (Lipinski definition) is 0. The zero-order valence-corrected chi connectivity index (χ0v) is 2.54. The van der Waals surface area contributed by atoms with Gasteiger partial charge in [0.25, 0.3) is 0 Å². The van der Waals surface area contributed by atoms with Crippen LogP contribution in [0.2, 0.25) is 0 Å². The van der Waals surface area contributed by atoms with Crippen LogP contribution in [0.25, 0.3) is 0 Å². The zero-order chi connectivity index (χ0) is 2.71. The topological polar surface area (TPSA) is 65.6 Å². The molecule has 0 aromatic rings. The summed E-state index contributed by atoms with van der Waals surface area (Å²) in [5.41, 5.74) is 0. The molecule has 0 atom stereocenters. The summed E-state index contributed by atoms with van der Waals surface area (Å²) in [6.07, 6.45) is 0. The lowest BCUT2D eigenvalue weighted by Gasteiger charge is -0.947. The van der Waals surface area contributed by atoms with Gasteiger partial charge in [0.2, 0.25) is 0 Å². The Morgan fingerprint density at radius 1 is 1.25 bits per heavy atom. The number of hydrogen-bond acceptors (Lipinski definition) is 2. The Morgan fingerprint density at radius 2 is 1.25 bits per heavy atom. The van der Waals surface area contributed by atoms with Crippen molar-refractivity contribution in [2.45, 2.75) is 0 Å². The Labute approximate surface area is 26.5 Å². The molecule has 0 aliphatic rings. The maximum Gasteiger partial charge on any atom is 0.335 e. The van der Waals surface area contributed by atoms with E-state index in [0.717, 1.165) is 0 Å². The van der Waals surface area contributed by atoms with Gasteiger partial charge in [-0.25, -0.2) is 0 Å². The Morgan fingerprint density at radius 3 is 1.25 bits per heavy atom. The minimum Gasteiger partial charge on any atom is -0.412 e. The molecule has 0 unspecified atom stereocenters. The van der Waals surface area contributed by atoms with Crippen molar-refractivity contribution < 1.29 is 13.9 Å². The second-order valence-electron chi connectivity index (χ2n) is 0.0680. The summed E-state index contributed by atoms with van der Waals surface area (Å²) in [6, 6.07) is 0. The molecular weight excluding hydrogens is 80.1 g/mol. The van der Waals surface area contributed by atoms with Crippen molar-refractivity contribution in [2.75, 3.05) is 0 Å². The highest BCUT2D eigenvalue weighted by atomic mass is 32.1. The third kappa shape index (κ3) is 22.4. The van der Waals surface area contributed by atoms with Gasteiger partial charge >= 0.3 is 11.6 Å². The van der Waals surface area contributed by atoms with Crippen LogP contribution in [0, 0.1) is 0 Å². The first kappa shape index (κ1) is 9.22. The third-order valence-corrected chi connectivity index (χ3v) is 0. The van der Waals surface area contributed by atoms with Crippen LogP contribution in [0.5, 0.6) is 0 Å². The van der Waals surface area contributed by atoms with E-state index >= 15 is 0 Å². The molecule has 0 aromatic carbocycles. The van der Waals surface area contributed by atoms with Gasteiger partial charge in [-0.3, -0.25) is 0 Å². The number of rotatable bonds is 0. The summed E-state index contributed by atoms with van der Waals surface area (Å²) in [7, 11) is 0. The molecule has 4 heteroatoms. The molecule has 0 spiro atoms. The minimum absolute atomic E-state index is 0. The van der Waals surface area contributed by atoms with Crippen molar-refractivity contribution in [2.24, 2.45) is 0 Å². The molecule has 0 saturated heterocycles. The average Bonchev–Trinajstić information content (AvgIpc) is 0.918. The molecule has 0 aliphatic heterocycles. The fourth-order valence-corrected chi connectivity index (χ4v) is 0. The lowest BCUT2D eigenvalue weighted by atomic mass is 15.9. The molecule has 2 N–H and O–H groups in total. The van der Waals surface area contributed by atoms with Crippen LogP contribution < -0.4 is 0 Å². The molecule has 26 valence electrons. The van der Waals surface area contributed by atoms with E-state index in [0.29, 0.717) is 0 Å². The van der Waals surface area contributed by atoms with Crippen LogP contribution in [-0.4, -0.2) is 13.9 Å². The maximum atomic E-state index is 8.29. The maximum absolute atomic E-state index is 8.29. The summed E-state index contributed by atoms with van der Waals surface area (Å²) in [5.74, 6) is 0. The van der Waals surface area contributed by atoms with E-state index in [-0.39, 0.29) is 5.48 Å². The normalized spacial score (nSPS) is 3.00. The molecule has 3 nitrogen and oxygen atoms in total. The highest BCUT2D eigenvalue weighted by molar-refractivity contribution is 7.51. The van der Waals surface area contributed by atoms with E-state index in [9.17, 15) is 0 Å². The van der Waals surface area contributed by atoms with Crippen molar-refractivity contribution in [3.05, 3.63) is 0 Å². The first-order valence-electron chi connectivity index (χ1n) is 0.333. The average molecular weight is 82.1 g/mol. The van der Waals surface area contributed by atoms with Gasteiger partial charge in [-0.2, -0.15) is 8.42 Å². The first-order valence-corrected chi connectivity index (χ1v) is 1.00. The van der Waals surface area contributed by atoms with Gasteiger partial charge < -0.3 is 5.48 Å². The second-order valence-corrected chi connectivity index (χ2v) is 0.204. The van der Waals surface area contributed by atoms with E-state index in [1.54, 1.807) is 0 Å². The third-order valence-electron chi connectivity index (χ3n) is 0. The lowest BCUT2D eigenvalue weighted by Crippen LogP contribution is -1.18. The summed E-state index contributed by atoms with van der Waals surface area (Å²) < 4.78 is 16.6. The van der Waals surface area contributed by atoms with Gasteiger partial charge in [0.15, 0.2) is 0 Å². The fraction of sp³-hybridized carbons (Fsp3) is 0. The summed E-state index contributed by atoms with van der Waals surface area (Å²) >= 11 is -0.750. The van der Waals surface area contributed by atoms with Crippen molar-refractivity contribution in [1.29, 1.82) is 0 Å². The second kappa shape index (κ2) is 14.5. The Balaban J connectivity index is 0. The molecule has 0 aromatic heterocycles. The van der Waals surface area contributed by atoms with Gasteiger partial charge in [0.1, 0.15) is 0 Å². The molecule has 0 fully saturated rings. The molecular formula is H2O3S. The van der Waals surface area contributed by atoms with Crippen LogP contribution in [0.4, 0.5) is 0 Å². The SMILES string of the molecule is O.O=S=O. The van der Waals surface area contributed by atoms with Crippen molar-refractivity contribution >= 4 is 11.6 Å². The van der Waals surface area contributed by atoms with Crippen molar-refractivity contribution in [1.82, 2.24) is 0 Å². The highest BCUT2D eigenvalue weighted by Crippen LogP contribution is 0.846. The Bertz CT molecular complexity index is 24.3. The van der Waals surface area contributed by atoms with Gasteiger partial charge in [-0.1, -0.05) is 0 Å². The molecule has 0 bridgehead atoms. The van der Waals surface area contributed by atoms with Crippen LogP contribution in [0.3, 0.4) is 0 Å². The van der Waals surface area contributed by atoms with Gasteiger partial charge in [-0.05, 0) is 0 Å². The van der Waals surface area contributed by atoms with Crippen LogP contribution in [-0.2, 0) is 11.6 Å². The summed E-state index contributed by atoms with van der Waals surface area (Å²) in [4.78, 5) is 0. The molecule has 0 rings (SSSR count). The zero-order valence-electron chi connectivity index (χ0n) is 1.72. The smallest absolute Gasteiger partial charge is 0.335 e. The Kier molecular flexibility index (Phi) is 33.4. The first-order chi connectivity index (χ1) is 1.41. The Hall–Kier alpha value is -0.220. The molecule has 0 saturated carbocycles. The predicted octanol–water partition coefficient (Wildman–Crippen LogP) is -1.49. The monoisotopic (exact) mass is 82.0 g/mol. The van der Waals surface area contributed by atoms with Crippen molar-refractivity contribution in [3.63, 3.8) is 0 Å². The molecule has 0 aliphatic carbocycles. The largest absolute Gasteiger partial charge is 0.412 e. The quantitative estimate of drug-likeness (QED) is 0.357. The lowest BCUT2D eigenvalue weighted by molar-refractivity contribution is 0.630. The highest BCUT2D eigenvalue weighted by Gasteiger charge is 1.12.